The number of hydrogen-bond acceptors (Lipinski definition) is 3. The fourth-order valence-corrected chi connectivity index (χ4v) is 1.90. The summed E-state index contributed by atoms with van der Waals surface area (Å²) in [6, 6.07) is 6.24. The largest absolute Gasteiger partial charge is 0.351 e. The van der Waals surface area contributed by atoms with Crippen molar-refractivity contribution in [3.63, 3.8) is 0 Å². The molecule has 0 saturated carbocycles. The Labute approximate surface area is 89.1 Å². The monoisotopic (exact) mass is 211 g/mol. The molecule has 76 valence electrons. The van der Waals surface area contributed by atoms with Gasteiger partial charge in [-0.15, -0.1) is 0 Å². The summed E-state index contributed by atoms with van der Waals surface area (Å²) in [6.07, 6.45) is 0. The molecule has 4 heteroatoms. The molecule has 2 rings (SSSR count). The van der Waals surface area contributed by atoms with Crippen LogP contribution in [0.1, 0.15) is 6.92 Å². The Bertz CT molecular complexity index is 316. The highest BCUT2D eigenvalue weighted by Crippen LogP contribution is 2.17. The van der Waals surface area contributed by atoms with Crippen molar-refractivity contribution in [3.8, 4) is 0 Å². The Morgan fingerprint density at radius 2 is 2.43 bits per heavy atom. The van der Waals surface area contributed by atoms with E-state index in [0.717, 1.165) is 25.5 Å². The molecule has 0 aliphatic carbocycles. The molecule has 2 heterocycles. The Morgan fingerprint density at radius 1 is 1.57 bits per heavy atom. The van der Waals surface area contributed by atoms with Crippen molar-refractivity contribution < 1.29 is 0 Å². The van der Waals surface area contributed by atoms with E-state index in [1.54, 1.807) is 6.07 Å². The van der Waals surface area contributed by atoms with Gasteiger partial charge in [-0.1, -0.05) is 17.7 Å². The highest BCUT2D eigenvalue weighted by atomic mass is 35.5. The molecule has 0 radical (unpaired) electrons. The number of piperazine rings is 1. The van der Waals surface area contributed by atoms with Gasteiger partial charge in [0, 0.05) is 25.7 Å². The molecule has 1 aliphatic heterocycles. The van der Waals surface area contributed by atoms with Crippen LogP contribution in [0.3, 0.4) is 0 Å². The SMILES string of the molecule is C[C@@H]1CNCCN1c1cccc(Cl)n1. The molecule has 0 amide bonds. The number of pyridine rings is 1. The fourth-order valence-electron chi connectivity index (χ4n) is 1.74. The van der Waals surface area contributed by atoms with Gasteiger partial charge in [-0.2, -0.15) is 0 Å². The van der Waals surface area contributed by atoms with E-state index in [4.69, 9.17) is 11.6 Å². The van der Waals surface area contributed by atoms with Crippen LogP contribution >= 0.6 is 11.6 Å². The Balaban J connectivity index is 2.20. The lowest BCUT2D eigenvalue weighted by Gasteiger charge is -2.34. The molecule has 1 saturated heterocycles. The molecule has 0 unspecified atom stereocenters. The standard InChI is InChI=1S/C10H14ClN3/c1-8-7-12-5-6-14(8)10-4-2-3-9(11)13-10/h2-4,8,12H,5-7H2,1H3/t8-/m1/s1. The zero-order valence-electron chi connectivity index (χ0n) is 8.20. The average molecular weight is 212 g/mol. The third-order valence-electron chi connectivity index (χ3n) is 2.50. The van der Waals surface area contributed by atoms with Crippen LogP contribution in [0.2, 0.25) is 5.15 Å². The predicted octanol–water partition coefficient (Wildman–Crippen LogP) is 1.53. The third kappa shape index (κ3) is 1.99. The van der Waals surface area contributed by atoms with Crippen molar-refractivity contribution in [2.45, 2.75) is 13.0 Å². The van der Waals surface area contributed by atoms with Crippen LogP contribution in [-0.2, 0) is 0 Å². The first-order chi connectivity index (χ1) is 6.77. The molecular weight excluding hydrogens is 198 g/mol. The van der Waals surface area contributed by atoms with Crippen molar-refractivity contribution in [1.82, 2.24) is 10.3 Å². The van der Waals surface area contributed by atoms with Gasteiger partial charge in [0.15, 0.2) is 0 Å². The molecule has 1 N–H and O–H groups in total. The van der Waals surface area contributed by atoms with Gasteiger partial charge in [-0.3, -0.25) is 0 Å². The molecule has 3 nitrogen and oxygen atoms in total. The first kappa shape index (κ1) is 9.74. The molecule has 1 atom stereocenters. The normalized spacial score (nSPS) is 22.4. The molecule has 1 fully saturated rings. The molecule has 1 aliphatic rings. The fraction of sp³-hybridized carbons (Fsp3) is 0.500. The van der Waals surface area contributed by atoms with Crippen LogP contribution in [0.4, 0.5) is 5.82 Å². The molecule has 14 heavy (non-hydrogen) atoms. The van der Waals surface area contributed by atoms with Crippen molar-refractivity contribution >= 4 is 17.4 Å². The maximum Gasteiger partial charge on any atom is 0.131 e. The lowest BCUT2D eigenvalue weighted by atomic mass is 10.2. The maximum absolute atomic E-state index is 5.86. The second-order valence-electron chi connectivity index (χ2n) is 3.57. The number of hydrogen-bond donors (Lipinski definition) is 1. The summed E-state index contributed by atoms with van der Waals surface area (Å²) in [4.78, 5) is 6.59. The smallest absolute Gasteiger partial charge is 0.131 e. The zero-order valence-corrected chi connectivity index (χ0v) is 8.96. The number of halogens is 1. The van der Waals surface area contributed by atoms with Crippen molar-refractivity contribution in [1.29, 1.82) is 0 Å². The van der Waals surface area contributed by atoms with Gasteiger partial charge in [0.25, 0.3) is 0 Å². The summed E-state index contributed by atoms with van der Waals surface area (Å²) in [7, 11) is 0. The second kappa shape index (κ2) is 4.15. The van der Waals surface area contributed by atoms with Crippen LogP contribution in [-0.4, -0.2) is 30.7 Å². The van der Waals surface area contributed by atoms with E-state index in [9.17, 15) is 0 Å². The molecule has 0 spiro atoms. The van der Waals surface area contributed by atoms with Gasteiger partial charge < -0.3 is 10.2 Å². The Kier molecular flexibility index (Phi) is 2.89. The molecular formula is C10H14ClN3. The molecule has 0 aromatic carbocycles. The van der Waals surface area contributed by atoms with E-state index in [0.29, 0.717) is 11.2 Å². The van der Waals surface area contributed by atoms with Crippen LogP contribution in [0, 0.1) is 0 Å². The Hall–Kier alpha value is -0.800. The first-order valence-corrected chi connectivity index (χ1v) is 5.25. The van der Waals surface area contributed by atoms with Gasteiger partial charge in [-0.25, -0.2) is 4.98 Å². The van der Waals surface area contributed by atoms with Crippen LogP contribution in [0.25, 0.3) is 0 Å². The van der Waals surface area contributed by atoms with E-state index in [1.807, 2.05) is 12.1 Å². The van der Waals surface area contributed by atoms with E-state index < -0.39 is 0 Å². The van der Waals surface area contributed by atoms with E-state index in [2.05, 4.69) is 22.1 Å². The highest BCUT2D eigenvalue weighted by Gasteiger charge is 2.18. The predicted molar refractivity (Wildman–Crippen MR) is 58.9 cm³/mol. The molecule has 0 bridgehead atoms. The Morgan fingerprint density at radius 3 is 3.14 bits per heavy atom. The van der Waals surface area contributed by atoms with Gasteiger partial charge in [0.2, 0.25) is 0 Å². The summed E-state index contributed by atoms with van der Waals surface area (Å²) in [5.41, 5.74) is 0. The molecule has 1 aromatic rings. The maximum atomic E-state index is 5.86. The van der Waals surface area contributed by atoms with Gasteiger partial charge in [-0.05, 0) is 19.1 Å². The van der Waals surface area contributed by atoms with E-state index in [1.165, 1.54) is 0 Å². The number of nitrogens with zero attached hydrogens (tertiary/aromatic N) is 2. The summed E-state index contributed by atoms with van der Waals surface area (Å²) in [5.74, 6) is 0.978. The summed E-state index contributed by atoms with van der Waals surface area (Å²) in [5, 5.41) is 3.91. The number of anilines is 1. The molecule has 1 aromatic heterocycles. The minimum Gasteiger partial charge on any atom is -0.351 e. The number of aromatic nitrogens is 1. The third-order valence-corrected chi connectivity index (χ3v) is 2.71. The van der Waals surface area contributed by atoms with Crippen LogP contribution in [0.5, 0.6) is 0 Å². The van der Waals surface area contributed by atoms with Crippen molar-refractivity contribution in [2.24, 2.45) is 0 Å². The van der Waals surface area contributed by atoms with Gasteiger partial charge in [0.1, 0.15) is 11.0 Å². The minimum atomic E-state index is 0.481. The quantitative estimate of drug-likeness (QED) is 0.715. The summed E-state index contributed by atoms with van der Waals surface area (Å²) < 4.78 is 0. The van der Waals surface area contributed by atoms with E-state index in [-0.39, 0.29) is 0 Å². The van der Waals surface area contributed by atoms with Crippen molar-refractivity contribution in [2.75, 3.05) is 24.5 Å². The van der Waals surface area contributed by atoms with Crippen LogP contribution < -0.4 is 10.2 Å². The average Bonchev–Trinajstić information content (AvgIpc) is 2.18. The number of nitrogens with one attached hydrogen (secondary N) is 1. The lowest BCUT2D eigenvalue weighted by molar-refractivity contribution is 0.497. The minimum absolute atomic E-state index is 0.481. The highest BCUT2D eigenvalue weighted by molar-refractivity contribution is 6.29. The number of rotatable bonds is 1. The van der Waals surface area contributed by atoms with Gasteiger partial charge in [0.05, 0.1) is 0 Å². The summed E-state index contributed by atoms with van der Waals surface area (Å²) in [6.45, 7) is 5.20. The zero-order chi connectivity index (χ0) is 9.97. The van der Waals surface area contributed by atoms with Crippen LogP contribution in [0.15, 0.2) is 18.2 Å². The topological polar surface area (TPSA) is 28.2 Å². The van der Waals surface area contributed by atoms with E-state index >= 15 is 0 Å². The van der Waals surface area contributed by atoms with Gasteiger partial charge >= 0.3 is 0 Å². The summed E-state index contributed by atoms with van der Waals surface area (Å²) >= 11 is 5.86. The second-order valence-corrected chi connectivity index (χ2v) is 3.95. The lowest BCUT2D eigenvalue weighted by Crippen LogP contribution is -2.50. The first-order valence-electron chi connectivity index (χ1n) is 4.87. The van der Waals surface area contributed by atoms with Crippen molar-refractivity contribution in [3.05, 3.63) is 23.4 Å².